The molecule has 21 heavy (non-hydrogen) atoms. The molecule has 2 N–H and O–H groups in total. The van der Waals surface area contributed by atoms with Gasteiger partial charge in [0.05, 0.1) is 5.92 Å². The third kappa shape index (κ3) is 4.14. The standard InChI is InChI=1S/C14H17F5N2/c15-10-1-2-12(16)11(7-10)13(20)8-21-5-3-9(4-6-21)14(17,18)19/h1-2,7,9,13H,3-6,8,20H2. The van der Waals surface area contributed by atoms with Crippen LogP contribution in [0.2, 0.25) is 0 Å². The maximum absolute atomic E-state index is 13.6. The van der Waals surface area contributed by atoms with Gasteiger partial charge in [-0.15, -0.1) is 0 Å². The van der Waals surface area contributed by atoms with E-state index in [4.69, 9.17) is 5.73 Å². The molecule has 0 aromatic heterocycles. The quantitative estimate of drug-likeness (QED) is 0.869. The fraction of sp³-hybridized carbons (Fsp3) is 0.571. The van der Waals surface area contributed by atoms with E-state index in [1.165, 1.54) is 0 Å². The van der Waals surface area contributed by atoms with Gasteiger partial charge < -0.3 is 10.6 Å². The molecule has 7 heteroatoms. The first kappa shape index (κ1) is 16.2. The summed E-state index contributed by atoms with van der Waals surface area (Å²) in [6.45, 7) is 0.731. The second kappa shape index (κ2) is 6.27. The molecular weight excluding hydrogens is 291 g/mol. The van der Waals surface area contributed by atoms with Crippen molar-refractivity contribution in [3.63, 3.8) is 0 Å². The second-order valence-corrected chi connectivity index (χ2v) is 5.39. The minimum atomic E-state index is -4.16. The Morgan fingerprint density at radius 2 is 1.81 bits per heavy atom. The Balaban J connectivity index is 1.93. The van der Waals surface area contributed by atoms with Crippen LogP contribution in [-0.4, -0.2) is 30.7 Å². The minimum absolute atomic E-state index is 0.0157. The predicted octanol–water partition coefficient (Wildman–Crippen LogP) is 3.24. The average Bonchev–Trinajstić information content (AvgIpc) is 2.41. The Hall–Kier alpha value is -1.21. The normalized spacial score (nSPS) is 19.7. The van der Waals surface area contributed by atoms with Gasteiger partial charge in [0.25, 0.3) is 0 Å². The van der Waals surface area contributed by atoms with Crippen LogP contribution in [0.3, 0.4) is 0 Å². The molecule has 1 heterocycles. The van der Waals surface area contributed by atoms with Gasteiger partial charge in [-0.25, -0.2) is 8.78 Å². The summed E-state index contributed by atoms with van der Waals surface area (Å²) in [7, 11) is 0. The summed E-state index contributed by atoms with van der Waals surface area (Å²) in [6.07, 6.45) is -4.13. The lowest BCUT2D eigenvalue weighted by molar-refractivity contribution is -0.185. The van der Waals surface area contributed by atoms with Crippen LogP contribution in [0.4, 0.5) is 22.0 Å². The molecule has 1 aromatic rings. The fourth-order valence-corrected chi connectivity index (χ4v) is 2.62. The topological polar surface area (TPSA) is 29.3 Å². The van der Waals surface area contributed by atoms with Crippen molar-refractivity contribution in [3.05, 3.63) is 35.4 Å². The molecule has 0 spiro atoms. The van der Waals surface area contributed by atoms with Gasteiger partial charge in [-0.2, -0.15) is 13.2 Å². The van der Waals surface area contributed by atoms with Gasteiger partial charge in [0.15, 0.2) is 0 Å². The lowest BCUT2D eigenvalue weighted by Crippen LogP contribution is -2.42. The Morgan fingerprint density at radius 3 is 2.38 bits per heavy atom. The summed E-state index contributed by atoms with van der Waals surface area (Å²) >= 11 is 0. The van der Waals surface area contributed by atoms with Crippen molar-refractivity contribution in [1.29, 1.82) is 0 Å². The summed E-state index contributed by atoms with van der Waals surface area (Å²) in [5, 5.41) is 0. The highest BCUT2D eigenvalue weighted by molar-refractivity contribution is 5.22. The van der Waals surface area contributed by atoms with Crippen LogP contribution in [0.15, 0.2) is 18.2 Å². The third-order valence-corrected chi connectivity index (χ3v) is 3.86. The third-order valence-electron chi connectivity index (χ3n) is 3.86. The molecule has 0 aliphatic carbocycles. The van der Waals surface area contributed by atoms with Crippen molar-refractivity contribution in [2.45, 2.75) is 25.1 Å². The van der Waals surface area contributed by atoms with E-state index in [1.807, 2.05) is 0 Å². The molecular formula is C14H17F5N2. The van der Waals surface area contributed by atoms with Crippen molar-refractivity contribution in [3.8, 4) is 0 Å². The van der Waals surface area contributed by atoms with Crippen LogP contribution in [0, 0.1) is 17.6 Å². The van der Waals surface area contributed by atoms with Crippen molar-refractivity contribution in [2.24, 2.45) is 11.7 Å². The van der Waals surface area contributed by atoms with Crippen LogP contribution >= 0.6 is 0 Å². The molecule has 1 unspecified atom stereocenters. The number of hydrogen-bond donors (Lipinski definition) is 1. The predicted molar refractivity (Wildman–Crippen MR) is 68.5 cm³/mol. The molecule has 1 aromatic carbocycles. The number of alkyl halides is 3. The molecule has 0 saturated carbocycles. The van der Waals surface area contributed by atoms with Gasteiger partial charge in [-0.05, 0) is 44.1 Å². The molecule has 0 bridgehead atoms. The van der Waals surface area contributed by atoms with E-state index in [9.17, 15) is 22.0 Å². The van der Waals surface area contributed by atoms with E-state index in [0.717, 1.165) is 18.2 Å². The zero-order valence-corrected chi connectivity index (χ0v) is 11.3. The number of nitrogens with two attached hydrogens (primary N) is 1. The highest BCUT2D eigenvalue weighted by atomic mass is 19.4. The Morgan fingerprint density at radius 1 is 1.19 bits per heavy atom. The molecule has 1 atom stereocenters. The molecule has 118 valence electrons. The number of benzene rings is 1. The maximum Gasteiger partial charge on any atom is 0.391 e. The lowest BCUT2D eigenvalue weighted by atomic mass is 9.95. The van der Waals surface area contributed by atoms with E-state index in [2.05, 4.69) is 0 Å². The second-order valence-electron chi connectivity index (χ2n) is 5.39. The minimum Gasteiger partial charge on any atom is -0.323 e. The van der Waals surface area contributed by atoms with Crippen LogP contribution in [-0.2, 0) is 0 Å². The monoisotopic (exact) mass is 308 g/mol. The van der Waals surface area contributed by atoms with E-state index >= 15 is 0 Å². The van der Waals surface area contributed by atoms with Crippen LogP contribution in [0.1, 0.15) is 24.4 Å². The van der Waals surface area contributed by atoms with Crippen molar-refractivity contribution < 1.29 is 22.0 Å². The van der Waals surface area contributed by atoms with Gasteiger partial charge in [0, 0.05) is 18.2 Å². The number of halogens is 5. The summed E-state index contributed by atoms with van der Waals surface area (Å²) in [5.74, 6) is -2.47. The van der Waals surface area contributed by atoms with Gasteiger partial charge in [0.2, 0.25) is 0 Å². The van der Waals surface area contributed by atoms with Gasteiger partial charge >= 0.3 is 6.18 Å². The van der Waals surface area contributed by atoms with Crippen molar-refractivity contribution in [1.82, 2.24) is 4.90 Å². The van der Waals surface area contributed by atoms with Gasteiger partial charge in [-0.3, -0.25) is 0 Å². The SMILES string of the molecule is NC(CN1CCC(C(F)(F)F)CC1)c1cc(F)ccc1F. The number of rotatable bonds is 3. The molecule has 1 saturated heterocycles. The average molecular weight is 308 g/mol. The number of hydrogen-bond acceptors (Lipinski definition) is 2. The first-order valence-electron chi connectivity index (χ1n) is 6.77. The highest BCUT2D eigenvalue weighted by Gasteiger charge is 2.41. The van der Waals surface area contributed by atoms with E-state index in [1.54, 1.807) is 4.90 Å². The van der Waals surface area contributed by atoms with Crippen LogP contribution in [0.5, 0.6) is 0 Å². The summed E-state index contributed by atoms with van der Waals surface area (Å²) in [4.78, 5) is 1.76. The lowest BCUT2D eigenvalue weighted by Gasteiger charge is -2.34. The van der Waals surface area contributed by atoms with E-state index < -0.39 is 29.8 Å². The summed E-state index contributed by atoms with van der Waals surface area (Å²) in [6, 6.07) is 2.27. The Bertz CT molecular complexity index is 481. The zero-order valence-electron chi connectivity index (χ0n) is 11.3. The molecule has 2 rings (SSSR count). The fourth-order valence-electron chi connectivity index (χ4n) is 2.62. The molecule has 2 nitrogen and oxygen atoms in total. The van der Waals surface area contributed by atoms with Gasteiger partial charge in [-0.1, -0.05) is 0 Å². The molecule has 1 aliphatic rings. The largest absolute Gasteiger partial charge is 0.391 e. The molecule has 1 fully saturated rings. The van der Waals surface area contributed by atoms with Gasteiger partial charge in [0.1, 0.15) is 11.6 Å². The van der Waals surface area contributed by atoms with Crippen molar-refractivity contribution in [2.75, 3.05) is 19.6 Å². The molecule has 1 aliphatic heterocycles. The Kier molecular flexibility index (Phi) is 4.83. The molecule has 0 amide bonds. The number of likely N-dealkylation sites (tertiary alicyclic amines) is 1. The van der Waals surface area contributed by atoms with Crippen LogP contribution < -0.4 is 5.73 Å². The van der Waals surface area contributed by atoms with E-state index in [0.29, 0.717) is 0 Å². The highest BCUT2D eigenvalue weighted by Crippen LogP contribution is 2.34. The van der Waals surface area contributed by atoms with E-state index in [-0.39, 0.29) is 38.0 Å². The summed E-state index contributed by atoms with van der Waals surface area (Å²) in [5.41, 5.74) is 5.89. The first-order valence-corrected chi connectivity index (χ1v) is 6.77. The Labute approximate surface area is 119 Å². The number of piperidine rings is 1. The van der Waals surface area contributed by atoms with Crippen molar-refractivity contribution >= 4 is 0 Å². The van der Waals surface area contributed by atoms with Crippen LogP contribution in [0.25, 0.3) is 0 Å². The maximum atomic E-state index is 13.6. The smallest absolute Gasteiger partial charge is 0.323 e. The summed E-state index contributed by atoms with van der Waals surface area (Å²) < 4.78 is 64.4. The number of nitrogens with zero attached hydrogens (tertiary/aromatic N) is 1. The first-order chi connectivity index (χ1) is 9.77. The molecule has 0 radical (unpaired) electrons. The zero-order chi connectivity index (χ0) is 15.6.